The van der Waals surface area contributed by atoms with Crippen LogP contribution in [-0.4, -0.2) is 40.1 Å². The van der Waals surface area contributed by atoms with Crippen molar-refractivity contribution in [3.63, 3.8) is 0 Å². The first-order valence-electron chi connectivity index (χ1n) is 6.98. The van der Waals surface area contributed by atoms with Crippen molar-refractivity contribution in [2.24, 2.45) is 0 Å². The minimum atomic E-state index is -0.868. The van der Waals surface area contributed by atoms with E-state index in [0.717, 1.165) is 0 Å². The lowest BCUT2D eigenvalue weighted by Gasteiger charge is -2.16. The van der Waals surface area contributed by atoms with Gasteiger partial charge in [-0.15, -0.1) is 0 Å². The molecule has 21 heavy (non-hydrogen) atoms. The second kappa shape index (κ2) is 6.95. The van der Waals surface area contributed by atoms with Crippen molar-refractivity contribution in [2.75, 3.05) is 17.7 Å². The van der Waals surface area contributed by atoms with Gasteiger partial charge in [0.2, 0.25) is 5.91 Å². The van der Waals surface area contributed by atoms with E-state index in [1.807, 2.05) is 13.0 Å². The number of hydrogen-bond acceptors (Lipinski definition) is 4. The highest BCUT2D eigenvalue weighted by atomic mass is 32.2. The third-order valence-corrected chi connectivity index (χ3v) is 5.04. The molecule has 3 unspecified atom stereocenters. The molecule has 2 amide bonds. The third-order valence-electron chi connectivity index (χ3n) is 3.67. The predicted octanol–water partition coefficient (Wildman–Crippen LogP) is 1.07. The molecule has 1 N–H and O–H groups in total. The average Bonchev–Trinajstić information content (AvgIpc) is 2.74. The van der Waals surface area contributed by atoms with E-state index in [-0.39, 0.29) is 23.5 Å². The van der Waals surface area contributed by atoms with Crippen molar-refractivity contribution >= 4 is 28.3 Å². The fourth-order valence-electron chi connectivity index (χ4n) is 2.27. The molecule has 1 aliphatic heterocycles. The summed E-state index contributed by atoms with van der Waals surface area (Å²) in [5.74, 6) is -0.396. The lowest BCUT2D eigenvalue weighted by Crippen LogP contribution is -2.39. The number of carbonyl (C=O) groups is 2. The van der Waals surface area contributed by atoms with Crippen LogP contribution in [-0.2, 0) is 20.4 Å². The van der Waals surface area contributed by atoms with E-state index >= 15 is 0 Å². The van der Waals surface area contributed by atoms with Gasteiger partial charge in [0.1, 0.15) is 0 Å². The van der Waals surface area contributed by atoms with Crippen molar-refractivity contribution < 1.29 is 13.8 Å². The molecule has 0 aliphatic carbocycles. The van der Waals surface area contributed by atoms with Crippen LogP contribution in [0.15, 0.2) is 30.3 Å². The van der Waals surface area contributed by atoms with Gasteiger partial charge in [-0.05, 0) is 25.1 Å². The molecule has 0 bridgehead atoms. The van der Waals surface area contributed by atoms with Gasteiger partial charge >= 0.3 is 0 Å². The number of nitrogens with zero attached hydrogens (tertiary/aromatic N) is 1. The largest absolute Gasteiger partial charge is 0.305 e. The molecule has 0 saturated carbocycles. The molecule has 1 aromatic carbocycles. The van der Waals surface area contributed by atoms with E-state index in [9.17, 15) is 13.8 Å². The molecule has 6 heteroatoms. The van der Waals surface area contributed by atoms with Gasteiger partial charge in [0.25, 0.3) is 5.91 Å². The fraction of sp³-hybridized carbons (Fsp3) is 0.467. The summed E-state index contributed by atoms with van der Waals surface area (Å²) in [6, 6.07) is 8.47. The Kier molecular flexibility index (Phi) is 5.25. The molecule has 5 nitrogen and oxygen atoms in total. The fourth-order valence-corrected chi connectivity index (χ4v) is 2.72. The van der Waals surface area contributed by atoms with Crippen molar-refractivity contribution in [3.05, 3.63) is 30.3 Å². The Morgan fingerprint density at radius 2 is 2.00 bits per heavy atom. The van der Waals surface area contributed by atoms with Gasteiger partial charge in [-0.1, -0.05) is 25.1 Å². The van der Waals surface area contributed by atoms with Crippen LogP contribution in [0.2, 0.25) is 0 Å². The first kappa shape index (κ1) is 15.9. The smallest absolute Gasteiger partial charge is 0.251 e. The Balaban J connectivity index is 1.94. The van der Waals surface area contributed by atoms with Gasteiger partial charge < -0.3 is 5.32 Å². The Bertz CT molecular complexity index is 547. The lowest BCUT2D eigenvalue weighted by molar-refractivity contribution is -0.121. The lowest BCUT2D eigenvalue weighted by atomic mass is 10.2. The molecule has 1 fully saturated rings. The van der Waals surface area contributed by atoms with Gasteiger partial charge in [-0.2, -0.15) is 0 Å². The number of nitrogens with one attached hydrogen (secondary N) is 1. The second-order valence-electron chi connectivity index (χ2n) is 5.21. The number of rotatable bonds is 6. The van der Waals surface area contributed by atoms with E-state index in [4.69, 9.17) is 0 Å². The van der Waals surface area contributed by atoms with Gasteiger partial charge in [0, 0.05) is 22.3 Å². The normalized spacial score (nSPS) is 21.6. The SMILES string of the molecule is CC(CCNC1CC(=O)N(c2ccccc2)C1=O)S(C)=O. The number of imide groups is 1. The number of carbonyl (C=O) groups excluding carboxylic acids is 2. The summed E-state index contributed by atoms with van der Waals surface area (Å²) < 4.78 is 11.3. The Morgan fingerprint density at radius 1 is 1.33 bits per heavy atom. The van der Waals surface area contributed by atoms with Crippen molar-refractivity contribution in [2.45, 2.75) is 31.1 Å². The van der Waals surface area contributed by atoms with Gasteiger partial charge in [-0.3, -0.25) is 13.8 Å². The minimum absolute atomic E-state index is 0.0786. The molecule has 0 radical (unpaired) electrons. The second-order valence-corrected chi connectivity index (χ2v) is 7.01. The molecule has 2 rings (SSSR count). The molecule has 0 spiro atoms. The summed E-state index contributed by atoms with van der Waals surface area (Å²) >= 11 is 0. The van der Waals surface area contributed by atoms with Gasteiger partial charge in [0.15, 0.2) is 0 Å². The van der Waals surface area contributed by atoms with Crippen molar-refractivity contribution in [1.29, 1.82) is 0 Å². The highest BCUT2D eigenvalue weighted by Crippen LogP contribution is 2.22. The summed E-state index contributed by atoms with van der Waals surface area (Å²) in [7, 11) is -0.868. The first-order valence-corrected chi connectivity index (χ1v) is 8.60. The van der Waals surface area contributed by atoms with Crippen LogP contribution in [0.25, 0.3) is 0 Å². The van der Waals surface area contributed by atoms with E-state index in [0.29, 0.717) is 18.7 Å². The summed E-state index contributed by atoms with van der Waals surface area (Å²) in [4.78, 5) is 25.6. The topological polar surface area (TPSA) is 66.5 Å². The molecule has 1 heterocycles. The number of benzene rings is 1. The highest BCUT2D eigenvalue weighted by Gasteiger charge is 2.39. The Morgan fingerprint density at radius 3 is 2.62 bits per heavy atom. The van der Waals surface area contributed by atoms with Crippen LogP contribution < -0.4 is 10.2 Å². The van der Waals surface area contributed by atoms with Crippen LogP contribution in [0.5, 0.6) is 0 Å². The number of para-hydroxylation sites is 1. The van der Waals surface area contributed by atoms with Crippen LogP contribution in [0.4, 0.5) is 5.69 Å². The van der Waals surface area contributed by atoms with Crippen LogP contribution in [0.1, 0.15) is 19.8 Å². The number of amides is 2. The van der Waals surface area contributed by atoms with Crippen LogP contribution >= 0.6 is 0 Å². The maximum absolute atomic E-state index is 12.3. The molecule has 1 aliphatic rings. The molecular formula is C15H20N2O3S. The molecule has 1 saturated heterocycles. The van der Waals surface area contributed by atoms with E-state index in [2.05, 4.69) is 5.32 Å². The summed E-state index contributed by atoms with van der Waals surface area (Å²) in [5.41, 5.74) is 0.611. The Labute approximate surface area is 127 Å². The minimum Gasteiger partial charge on any atom is -0.305 e. The maximum Gasteiger partial charge on any atom is 0.251 e. The van der Waals surface area contributed by atoms with Crippen LogP contribution in [0.3, 0.4) is 0 Å². The first-order chi connectivity index (χ1) is 10.0. The zero-order valence-corrected chi connectivity index (χ0v) is 13.1. The van der Waals surface area contributed by atoms with Crippen LogP contribution in [0, 0.1) is 0 Å². The zero-order chi connectivity index (χ0) is 15.4. The third kappa shape index (κ3) is 3.77. The highest BCUT2D eigenvalue weighted by molar-refractivity contribution is 7.84. The summed E-state index contributed by atoms with van der Waals surface area (Å²) in [6.07, 6.45) is 2.57. The van der Waals surface area contributed by atoms with Crippen molar-refractivity contribution in [3.8, 4) is 0 Å². The quantitative estimate of drug-likeness (QED) is 0.798. The number of hydrogen-bond donors (Lipinski definition) is 1. The molecule has 114 valence electrons. The standard InChI is InChI=1S/C15H20N2O3S/c1-11(21(2)20)8-9-16-13-10-14(18)17(15(13)19)12-6-4-3-5-7-12/h3-7,11,13,16H,8-10H2,1-2H3. The molecular weight excluding hydrogens is 288 g/mol. The van der Waals surface area contributed by atoms with Crippen molar-refractivity contribution in [1.82, 2.24) is 5.32 Å². The van der Waals surface area contributed by atoms with E-state index in [1.54, 1.807) is 30.5 Å². The predicted molar refractivity (Wildman–Crippen MR) is 83.5 cm³/mol. The summed E-state index contributed by atoms with van der Waals surface area (Å²) in [6.45, 7) is 2.49. The van der Waals surface area contributed by atoms with Gasteiger partial charge in [-0.25, -0.2) is 4.90 Å². The van der Waals surface area contributed by atoms with E-state index < -0.39 is 16.8 Å². The molecule has 1 aromatic rings. The van der Waals surface area contributed by atoms with Gasteiger partial charge in [0.05, 0.1) is 18.2 Å². The van der Waals surface area contributed by atoms with E-state index in [1.165, 1.54) is 4.90 Å². The monoisotopic (exact) mass is 308 g/mol. The molecule has 3 atom stereocenters. The summed E-state index contributed by atoms with van der Waals surface area (Å²) in [5, 5.41) is 3.18. The zero-order valence-electron chi connectivity index (χ0n) is 12.2. The number of anilines is 1. The average molecular weight is 308 g/mol. The Hall–Kier alpha value is -1.53. The molecule has 0 aromatic heterocycles. The maximum atomic E-state index is 12.3.